The second-order valence-electron chi connectivity index (χ2n) is 5.71. The average molecular weight is 324 g/mol. The number of aromatic nitrogens is 2. The first-order chi connectivity index (χ1) is 11.6. The molecule has 1 unspecified atom stereocenters. The van der Waals surface area contributed by atoms with Gasteiger partial charge in [0, 0.05) is 12.7 Å². The molecule has 6 nitrogen and oxygen atoms in total. The smallest absolute Gasteiger partial charge is 0.254 e. The highest BCUT2D eigenvalue weighted by Gasteiger charge is 2.18. The monoisotopic (exact) mass is 324 g/mol. The van der Waals surface area contributed by atoms with Gasteiger partial charge >= 0.3 is 0 Å². The Bertz CT molecular complexity index is 778. The van der Waals surface area contributed by atoms with Crippen LogP contribution in [0.15, 0.2) is 65.5 Å². The van der Waals surface area contributed by atoms with Crippen LogP contribution >= 0.6 is 0 Å². The summed E-state index contributed by atoms with van der Waals surface area (Å²) >= 11 is 0. The van der Waals surface area contributed by atoms with Gasteiger partial charge in [-0.05, 0) is 38.4 Å². The SMILES string of the molecule is CN(C)C(CNC(=O)c1cnn(-c2ccccc2)c1)c1ccco1. The van der Waals surface area contributed by atoms with E-state index >= 15 is 0 Å². The quantitative estimate of drug-likeness (QED) is 0.757. The molecular weight excluding hydrogens is 304 g/mol. The molecule has 1 amide bonds. The van der Waals surface area contributed by atoms with Gasteiger partial charge in [-0.1, -0.05) is 18.2 Å². The third-order valence-corrected chi connectivity index (χ3v) is 3.82. The van der Waals surface area contributed by atoms with Crippen LogP contribution in [0.5, 0.6) is 0 Å². The lowest BCUT2D eigenvalue weighted by Gasteiger charge is -2.22. The predicted octanol–water partition coefficient (Wildman–Crippen LogP) is 2.50. The highest BCUT2D eigenvalue weighted by atomic mass is 16.3. The maximum Gasteiger partial charge on any atom is 0.254 e. The van der Waals surface area contributed by atoms with Crippen LogP contribution in [0.1, 0.15) is 22.2 Å². The molecule has 6 heteroatoms. The number of carbonyl (C=O) groups excluding carboxylic acids is 1. The lowest BCUT2D eigenvalue weighted by molar-refractivity contribution is 0.0939. The van der Waals surface area contributed by atoms with Crippen LogP contribution in [0.25, 0.3) is 5.69 Å². The van der Waals surface area contributed by atoms with Gasteiger partial charge < -0.3 is 9.73 Å². The first kappa shape index (κ1) is 16.0. The van der Waals surface area contributed by atoms with Crippen LogP contribution < -0.4 is 5.32 Å². The fourth-order valence-electron chi connectivity index (χ4n) is 2.47. The third-order valence-electron chi connectivity index (χ3n) is 3.82. The molecule has 0 radical (unpaired) electrons. The minimum absolute atomic E-state index is 0.0203. The predicted molar refractivity (Wildman–Crippen MR) is 91.0 cm³/mol. The first-order valence-electron chi connectivity index (χ1n) is 7.73. The van der Waals surface area contributed by atoms with Crippen LogP contribution in [0.4, 0.5) is 0 Å². The summed E-state index contributed by atoms with van der Waals surface area (Å²) in [6.07, 6.45) is 4.93. The minimum Gasteiger partial charge on any atom is -0.468 e. The van der Waals surface area contributed by atoms with Crippen molar-refractivity contribution < 1.29 is 9.21 Å². The number of hydrogen-bond donors (Lipinski definition) is 1. The number of carbonyl (C=O) groups is 1. The molecule has 2 heterocycles. The molecule has 0 fully saturated rings. The van der Waals surface area contributed by atoms with Crippen LogP contribution in [0.2, 0.25) is 0 Å². The Morgan fingerprint density at radius 2 is 2.04 bits per heavy atom. The molecule has 3 rings (SSSR count). The van der Waals surface area contributed by atoms with Crippen molar-refractivity contribution in [1.82, 2.24) is 20.0 Å². The summed E-state index contributed by atoms with van der Waals surface area (Å²) in [4.78, 5) is 14.4. The molecule has 3 aromatic rings. The summed E-state index contributed by atoms with van der Waals surface area (Å²) < 4.78 is 7.13. The van der Waals surface area contributed by atoms with Crippen molar-refractivity contribution in [3.63, 3.8) is 0 Å². The molecule has 0 saturated carbocycles. The lowest BCUT2D eigenvalue weighted by atomic mass is 10.2. The molecule has 0 spiro atoms. The maximum atomic E-state index is 12.4. The number of nitrogens with zero attached hydrogens (tertiary/aromatic N) is 3. The number of furan rings is 1. The van der Waals surface area contributed by atoms with Gasteiger partial charge in [-0.15, -0.1) is 0 Å². The standard InChI is InChI=1S/C18H20N4O2/c1-21(2)16(17-9-6-10-24-17)12-19-18(23)14-11-20-22(13-14)15-7-4-3-5-8-15/h3-11,13,16H,12H2,1-2H3,(H,19,23). The Morgan fingerprint density at radius 1 is 1.25 bits per heavy atom. The number of rotatable bonds is 6. The molecule has 24 heavy (non-hydrogen) atoms. The second-order valence-corrected chi connectivity index (χ2v) is 5.71. The third kappa shape index (κ3) is 3.55. The van der Waals surface area contributed by atoms with E-state index in [4.69, 9.17) is 4.42 Å². The average Bonchev–Trinajstić information content (AvgIpc) is 3.27. The van der Waals surface area contributed by atoms with Crippen LogP contribution in [-0.2, 0) is 0 Å². The number of likely N-dealkylation sites (N-methyl/N-ethyl adjacent to an activating group) is 1. The van der Waals surface area contributed by atoms with E-state index in [1.54, 1.807) is 23.3 Å². The molecule has 1 atom stereocenters. The zero-order valence-corrected chi connectivity index (χ0v) is 13.7. The summed E-state index contributed by atoms with van der Waals surface area (Å²) in [7, 11) is 3.90. The topological polar surface area (TPSA) is 63.3 Å². The fraction of sp³-hybridized carbons (Fsp3) is 0.222. The van der Waals surface area contributed by atoms with Gasteiger partial charge in [0.05, 0.1) is 29.8 Å². The van der Waals surface area contributed by atoms with Gasteiger partial charge in [-0.2, -0.15) is 5.10 Å². The van der Waals surface area contributed by atoms with Crippen molar-refractivity contribution in [2.45, 2.75) is 6.04 Å². The highest BCUT2D eigenvalue weighted by Crippen LogP contribution is 2.17. The van der Waals surface area contributed by atoms with Gasteiger partial charge in [0.1, 0.15) is 5.76 Å². The Balaban J connectivity index is 1.66. The molecule has 124 valence electrons. The van der Waals surface area contributed by atoms with Gasteiger partial charge in [0.2, 0.25) is 0 Å². The Hall–Kier alpha value is -2.86. The normalized spacial score (nSPS) is 12.3. The molecule has 0 aliphatic rings. The molecule has 1 N–H and O–H groups in total. The van der Waals surface area contributed by atoms with Crippen molar-refractivity contribution in [3.05, 3.63) is 72.4 Å². The van der Waals surface area contributed by atoms with Gasteiger partial charge in [0.25, 0.3) is 5.91 Å². The van der Waals surface area contributed by atoms with Crippen molar-refractivity contribution in [1.29, 1.82) is 0 Å². The molecule has 0 saturated heterocycles. The van der Waals surface area contributed by atoms with E-state index in [-0.39, 0.29) is 11.9 Å². The largest absolute Gasteiger partial charge is 0.468 e. The van der Waals surface area contributed by atoms with Crippen molar-refractivity contribution >= 4 is 5.91 Å². The van der Waals surface area contributed by atoms with E-state index in [0.717, 1.165) is 11.4 Å². The maximum absolute atomic E-state index is 12.4. The van der Waals surface area contributed by atoms with Crippen LogP contribution in [0.3, 0.4) is 0 Å². The van der Waals surface area contributed by atoms with E-state index in [9.17, 15) is 4.79 Å². The molecular formula is C18H20N4O2. The summed E-state index contributed by atoms with van der Waals surface area (Å²) in [6.45, 7) is 0.454. The summed E-state index contributed by atoms with van der Waals surface area (Å²) in [5.74, 6) is 0.663. The van der Waals surface area contributed by atoms with E-state index in [1.165, 1.54) is 0 Å². The van der Waals surface area contributed by atoms with Crippen LogP contribution in [-0.4, -0.2) is 41.2 Å². The Kier molecular flexibility index (Phi) is 4.77. The molecule has 0 aliphatic heterocycles. The Labute approximate surface area is 140 Å². The van der Waals surface area contributed by atoms with Crippen molar-refractivity contribution in [3.8, 4) is 5.69 Å². The summed E-state index contributed by atoms with van der Waals surface area (Å²) in [5.41, 5.74) is 1.44. The summed E-state index contributed by atoms with van der Waals surface area (Å²) in [6, 6.07) is 13.4. The van der Waals surface area contributed by atoms with E-state index < -0.39 is 0 Å². The second kappa shape index (κ2) is 7.14. The highest BCUT2D eigenvalue weighted by molar-refractivity contribution is 5.93. The molecule has 1 aromatic carbocycles. The fourth-order valence-corrected chi connectivity index (χ4v) is 2.47. The zero-order valence-electron chi connectivity index (χ0n) is 13.7. The van der Waals surface area contributed by atoms with Crippen LogP contribution in [0, 0.1) is 0 Å². The van der Waals surface area contributed by atoms with Gasteiger partial charge in [0.15, 0.2) is 0 Å². The minimum atomic E-state index is -0.157. The Morgan fingerprint density at radius 3 is 2.71 bits per heavy atom. The van der Waals surface area contributed by atoms with Gasteiger partial charge in [-0.3, -0.25) is 9.69 Å². The van der Waals surface area contributed by atoms with Crippen molar-refractivity contribution in [2.24, 2.45) is 0 Å². The molecule has 0 bridgehead atoms. The number of para-hydroxylation sites is 1. The first-order valence-corrected chi connectivity index (χ1v) is 7.73. The van der Waals surface area contributed by atoms with E-state index in [1.807, 2.05) is 61.5 Å². The van der Waals surface area contributed by atoms with Gasteiger partial charge in [-0.25, -0.2) is 4.68 Å². The number of amides is 1. The molecule has 2 aromatic heterocycles. The molecule has 0 aliphatic carbocycles. The zero-order chi connectivity index (χ0) is 16.9. The number of nitrogens with one attached hydrogen (secondary N) is 1. The summed E-state index contributed by atoms with van der Waals surface area (Å²) in [5, 5.41) is 7.19. The number of benzene rings is 1. The van der Waals surface area contributed by atoms with E-state index in [2.05, 4.69) is 10.4 Å². The number of hydrogen-bond acceptors (Lipinski definition) is 4. The lowest BCUT2D eigenvalue weighted by Crippen LogP contribution is -2.34. The van der Waals surface area contributed by atoms with Crippen molar-refractivity contribution in [2.75, 3.05) is 20.6 Å². The van der Waals surface area contributed by atoms with E-state index in [0.29, 0.717) is 12.1 Å².